The molecule has 3 heteroatoms. The summed E-state index contributed by atoms with van der Waals surface area (Å²) < 4.78 is 0. The maximum absolute atomic E-state index is 11.3. The number of hydrogen-bond acceptors (Lipinski definition) is 3. The molecule has 0 N–H and O–H groups in total. The van der Waals surface area contributed by atoms with E-state index in [2.05, 4.69) is 5.16 Å². The van der Waals surface area contributed by atoms with Crippen molar-refractivity contribution < 1.29 is 9.63 Å². The Balaban J connectivity index is 1.97. The molecule has 0 fully saturated rings. The van der Waals surface area contributed by atoms with Crippen LogP contribution in [0.4, 0.5) is 0 Å². The van der Waals surface area contributed by atoms with E-state index in [9.17, 15) is 4.79 Å². The number of carbonyl (C=O) groups is 1. The van der Waals surface area contributed by atoms with E-state index in [4.69, 9.17) is 4.84 Å². The van der Waals surface area contributed by atoms with Crippen molar-refractivity contribution in [1.82, 2.24) is 0 Å². The second kappa shape index (κ2) is 3.05. The average molecular weight is 199 g/mol. The Kier molecular flexibility index (Phi) is 1.71. The van der Waals surface area contributed by atoms with Crippen LogP contribution in [0.25, 0.3) is 0 Å². The average Bonchev–Trinajstić information content (AvgIpc) is 2.83. The number of fused-ring (bicyclic) bond motifs is 1. The van der Waals surface area contributed by atoms with Crippen LogP contribution in [0.5, 0.6) is 0 Å². The van der Waals surface area contributed by atoms with E-state index < -0.39 is 6.10 Å². The van der Waals surface area contributed by atoms with E-state index in [-0.39, 0.29) is 11.7 Å². The summed E-state index contributed by atoms with van der Waals surface area (Å²) in [5.41, 5.74) is 1.87. The van der Waals surface area contributed by atoms with Gasteiger partial charge in [0.25, 0.3) is 0 Å². The molecule has 0 aromatic heterocycles. The van der Waals surface area contributed by atoms with E-state index in [0.29, 0.717) is 0 Å². The molecule has 3 nitrogen and oxygen atoms in total. The Morgan fingerprint density at radius 1 is 1.20 bits per heavy atom. The highest BCUT2D eigenvalue weighted by Crippen LogP contribution is 2.29. The van der Waals surface area contributed by atoms with Crippen LogP contribution >= 0.6 is 0 Å². The van der Waals surface area contributed by atoms with Crippen LogP contribution in [-0.4, -0.2) is 17.6 Å². The molecule has 0 spiro atoms. The van der Waals surface area contributed by atoms with E-state index in [0.717, 1.165) is 11.3 Å². The van der Waals surface area contributed by atoms with Crippen molar-refractivity contribution in [2.24, 2.45) is 11.1 Å². The fourth-order valence-electron chi connectivity index (χ4n) is 1.95. The molecule has 0 saturated carbocycles. The van der Waals surface area contributed by atoms with Gasteiger partial charge in [-0.25, -0.2) is 0 Å². The van der Waals surface area contributed by atoms with Gasteiger partial charge in [0.15, 0.2) is 5.78 Å². The largest absolute Gasteiger partial charge is 0.383 e. The summed E-state index contributed by atoms with van der Waals surface area (Å²) in [6, 6.07) is 9.80. The Labute approximate surface area is 87.0 Å². The molecular weight excluding hydrogens is 190 g/mol. The zero-order chi connectivity index (χ0) is 10.3. The second-order valence-corrected chi connectivity index (χ2v) is 3.66. The van der Waals surface area contributed by atoms with Crippen molar-refractivity contribution >= 4 is 11.5 Å². The van der Waals surface area contributed by atoms with Gasteiger partial charge in [-0.05, 0) is 6.08 Å². The molecule has 15 heavy (non-hydrogen) atoms. The van der Waals surface area contributed by atoms with Crippen LogP contribution in [0.1, 0.15) is 5.56 Å². The van der Waals surface area contributed by atoms with Crippen molar-refractivity contribution in [1.29, 1.82) is 0 Å². The molecule has 1 aromatic carbocycles. The fraction of sp³-hybridized carbons (Fsp3) is 0.167. The summed E-state index contributed by atoms with van der Waals surface area (Å²) in [6.45, 7) is 0. The second-order valence-electron chi connectivity index (χ2n) is 3.66. The molecule has 1 aliphatic carbocycles. The van der Waals surface area contributed by atoms with Crippen molar-refractivity contribution in [2.45, 2.75) is 6.10 Å². The third-order valence-electron chi connectivity index (χ3n) is 2.72. The topological polar surface area (TPSA) is 38.7 Å². The van der Waals surface area contributed by atoms with Crippen LogP contribution in [0.15, 0.2) is 47.6 Å². The first-order chi connectivity index (χ1) is 7.36. The molecule has 1 aliphatic heterocycles. The normalized spacial score (nSPS) is 27.5. The quantitative estimate of drug-likeness (QED) is 0.688. The predicted molar refractivity (Wildman–Crippen MR) is 55.5 cm³/mol. The van der Waals surface area contributed by atoms with Crippen molar-refractivity contribution in [3.63, 3.8) is 0 Å². The molecule has 3 rings (SSSR count). The third kappa shape index (κ3) is 1.20. The van der Waals surface area contributed by atoms with Crippen molar-refractivity contribution in [3.8, 4) is 0 Å². The van der Waals surface area contributed by atoms with Gasteiger partial charge in [-0.2, -0.15) is 0 Å². The van der Waals surface area contributed by atoms with E-state index >= 15 is 0 Å². The Morgan fingerprint density at radius 2 is 2.00 bits per heavy atom. The van der Waals surface area contributed by atoms with Gasteiger partial charge in [0.2, 0.25) is 6.10 Å². The van der Waals surface area contributed by atoms with Crippen molar-refractivity contribution in [2.75, 3.05) is 0 Å². The fourth-order valence-corrected chi connectivity index (χ4v) is 1.95. The number of carbonyl (C=O) groups excluding carboxylic acids is 1. The van der Waals surface area contributed by atoms with Crippen LogP contribution < -0.4 is 0 Å². The number of ketones is 1. The Hall–Kier alpha value is -1.90. The van der Waals surface area contributed by atoms with Gasteiger partial charge >= 0.3 is 0 Å². The number of rotatable bonds is 1. The maximum Gasteiger partial charge on any atom is 0.201 e. The van der Waals surface area contributed by atoms with Gasteiger partial charge in [-0.3, -0.25) is 4.79 Å². The van der Waals surface area contributed by atoms with Crippen molar-refractivity contribution in [3.05, 3.63) is 48.0 Å². The van der Waals surface area contributed by atoms with E-state index in [1.807, 2.05) is 36.4 Å². The van der Waals surface area contributed by atoms with E-state index in [1.165, 1.54) is 0 Å². The summed E-state index contributed by atoms with van der Waals surface area (Å²) in [5, 5.41) is 3.99. The highest BCUT2D eigenvalue weighted by molar-refractivity contribution is 6.11. The summed E-state index contributed by atoms with van der Waals surface area (Å²) in [7, 11) is 0. The third-order valence-corrected chi connectivity index (χ3v) is 2.72. The lowest BCUT2D eigenvalue weighted by atomic mass is 9.95. The first-order valence-electron chi connectivity index (χ1n) is 4.87. The van der Waals surface area contributed by atoms with Crippen LogP contribution in [0, 0.1) is 5.92 Å². The smallest absolute Gasteiger partial charge is 0.201 e. The van der Waals surface area contributed by atoms with Crippen LogP contribution in [0.2, 0.25) is 0 Å². The van der Waals surface area contributed by atoms with E-state index in [1.54, 1.807) is 6.08 Å². The standard InChI is InChI=1S/C12H9NO2/c14-10-7-6-9-11(13-15-12(9)10)8-4-2-1-3-5-8/h1-7,9,12H/t9-,12+/m1/s1. The zero-order valence-corrected chi connectivity index (χ0v) is 7.96. The number of benzene rings is 1. The van der Waals surface area contributed by atoms with Gasteiger partial charge in [0.05, 0.1) is 11.6 Å². The van der Waals surface area contributed by atoms with Crippen LogP contribution in [0.3, 0.4) is 0 Å². The Morgan fingerprint density at radius 3 is 2.80 bits per heavy atom. The lowest BCUT2D eigenvalue weighted by Crippen LogP contribution is -2.23. The molecule has 74 valence electrons. The molecule has 0 unspecified atom stereocenters. The molecule has 2 aliphatic rings. The minimum atomic E-state index is -0.416. The number of oxime groups is 1. The lowest BCUT2D eigenvalue weighted by molar-refractivity contribution is -0.124. The zero-order valence-electron chi connectivity index (χ0n) is 7.96. The van der Waals surface area contributed by atoms with Crippen LogP contribution in [-0.2, 0) is 9.63 Å². The summed E-state index contributed by atoms with van der Waals surface area (Å²) in [4.78, 5) is 16.5. The highest BCUT2D eigenvalue weighted by atomic mass is 16.6. The monoisotopic (exact) mass is 199 g/mol. The summed E-state index contributed by atoms with van der Waals surface area (Å²) in [6.07, 6.45) is 3.03. The predicted octanol–water partition coefficient (Wildman–Crippen LogP) is 1.54. The molecule has 0 saturated heterocycles. The highest BCUT2D eigenvalue weighted by Gasteiger charge is 2.40. The molecular formula is C12H9NO2. The van der Waals surface area contributed by atoms with Gasteiger partial charge < -0.3 is 4.84 Å². The molecule has 0 bridgehead atoms. The molecule has 2 atom stereocenters. The first kappa shape index (κ1) is 8.41. The number of nitrogens with zero attached hydrogens (tertiary/aromatic N) is 1. The first-order valence-corrected chi connectivity index (χ1v) is 4.87. The summed E-state index contributed by atoms with van der Waals surface area (Å²) >= 11 is 0. The maximum atomic E-state index is 11.3. The lowest BCUT2D eigenvalue weighted by Gasteiger charge is -2.06. The molecule has 1 heterocycles. The number of hydrogen-bond donors (Lipinski definition) is 0. The minimum absolute atomic E-state index is 0.0000926. The molecule has 1 aromatic rings. The Bertz CT molecular complexity index is 462. The van der Waals surface area contributed by atoms with Gasteiger partial charge in [-0.15, -0.1) is 0 Å². The summed E-state index contributed by atoms with van der Waals surface area (Å²) in [5.74, 6) is 0.00887. The molecule has 0 radical (unpaired) electrons. The van der Waals surface area contributed by atoms with Gasteiger partial charge in [-0.1, -0.05) is 41.6 Å². The van der Waals surface area contributed by atoms with Gasteiger partial charge in [0.1, 0.15) is 0 Å². The minimum Gasteiger partial charge on any atom is -0.383 e. The molecule has 0 amide bonds. The van der Waals surface area contributed by atoms with Gasteiger partial charge in [0, 0.05) is 5.56 Å². The SMILES string of the molecule is O=C1C=C[C@@H]2C(c3ccccc3)=NO[C@H]12.